The van der Waals surface area contributed by atoms with Gasteiger partial charge in [-0.2, -0.15) is 5.10 Å². The van der Waals surface area contributed by atoms with E-state index in [4.69, 9.17) is 0 Å². The molecule has 2 aromatic rings. The number of Topliss-reactive ketones (excluding diaryl/α,β-unsaturated/α-hetero) is 1. The summed E-state index contributed by atoms with van der Waals surface area (Å²) < 4.78 is 3.80. The molecular formula is C13H18N4O. The van der Waals surface area contributed by atoms with Crippen molar-refractivity contribution >= 4 is 5.78 Å². The van der Waals surface area contributed by atoms with Crippen molar-refractivity contribution in [3.05, 3.63) is 36.2 Å². The van der Waals surface area contributed by atoms with Crippen LogP contribution in [-0.2, 0) is 13.1 Å². The molecule has 0 amide bonds. The molecular weight excluding hydrogens is 228 g/mol. The molecule has 96 valence electrons. The van der Waals surface area contributed by atoms with Crippen LogP contribution < -0.4 is 0 Å². The number of carbonyl (C=O) groups is 1. The summed E-state index contributed by atoms with van der Waals surface area (Å²) in [5, 5.41) is 4.22. The number of nitrogens with zero attached hydrogens (tertiary/aromatic N) is 4. The summed E-state index contributed by atoms with van der Waals surface area (Å²) in [4.78, 5) is 15.7. The first-order valence-corrected chi connectivity index (χ1v) is 6.10. The summed E-state index contributed by atoms with van der Waals surface area (Å²) in [7, 11) is 0. The van der Waals surface area contributed by atoms with Gasteiger partial charge >= 0.3 is 0 Å². The van der Waals surface area contributed by atoms with E-state index in [9.17, 15) is 4.79 Å². The zero-order valence-electron chi connectivity index (χ0n) is 11.0. The quantitative estimate of drug-likeness (QED) is 0.758. The molecule has 0 aliphatic rings. The van der Waals surface area contributed by atoms with Crippen molar-refractivity contribution in [2.24, 2.45) is 5.92 Å². The fraction of sp³-hybridized carbons (Fsp3) is 0.462. The fourth-order valence-corrected chi connectivity index (χ4v) is 1.93. The summed E-state index contributed by atoms with van der Waals surface area (Å²) in [6.45, 7) is 7.27. The minimum Gasteiger partial charge on any atom is -0.337 e. The largest absolute Gasteiger partial charge is 0.337 e. The predicted molar refractivity (Wildman–Crippen MR) is 68.4 cm³/mol. The SMILES string of the molecule is CC(=O)c1cccn1Cc1ncnn1CC(C)C. The molecule has 0 aromatic carbocycles. The number of aromatic nitrogens is 4. The van der Waals surface area contributed by atoms with Crippen LogP contribution in [-0.4, -0.2) is 25.1 Å². The highest BCUT2D eigenvalue weighted by molar-refractivity contribution is 5.92. The van der Waals surface area contributed by atoms with Gasteiger partial charge in [-0.15, -0.1) is 0 Å². The zero-order valence-corrected chi connectivity index (χ0v) is 11.0. The van der Waals surface area contributed by atoms with Crippen LogP contribution in [0.1, 0.15) is 37.1 Å². The first-order chi connectivity index (χ1) is 8.58. The molecule has 5 nitrogen and oxygen atoms in total. The molecule has 2 rings (SSSR count). The number of carbonyl (C=O) groups excluding carboxylic acids is 1. The molecule has 0 fully saturated rings. The molecule has 0 aliphatic carbocycles. The Morgan fingerprint density at radius 3 is 2.89 bits per heavy atom. The van der Waals surface area contributed by atoms with Gasteiger partial charge in [0.05, 0.1) is 12.2 Å². The van der Waals surface area contributed by atoms with Crippen LogP contribution in [0.2, 0.25) is 0 Å². The first kappa shape index (κ1) is 12.5. The van der Waals surface area contributed by atoms with Crippen LogP contribution in [0.4, 0.5) is 0 Å². The second-order valence-electron chi connectivity index (χ2n) is 4.83. The number of hydrogen-bond donors (Lipinski definition) is 0. The fourth-order valence-electron chi connectivity index (χ4n) is 1.93. The molecule has 0 atom stereocenters. The molecule has 5 heteroatoms. The second-order valence-corrected chi connectivity index (χ2v) is 4.83. The molecule has 18 heavy (non-hydrogen) atoms. The Labute approximate surface area is 106 Å². The molecule has 0 unspecified atom stereocenters. The highest BCUT2D eigenvalue weighted by atomic mass is 16.1. The summed E-state index contributed by atoms with van der Waals surface area (Å²) in [6.07, 6.45) is 3.46. The monoisotopic (exact) mass is 246 g/mol. The van der Waals surface area contributed by atoms with E-state index in [0.29, 0.717) is 18.2 Å². The van der Waals surface area contributed by atoms with Crippen LogP contribution in [0.5, 0.6) is 0 Å². The molecule has 0 spiro atoms. The molecule has 0 saturated carbocycles. The van der Waals surface area contributed by atoms with Gasteiger partial charge in [0.25, 0.3) is 0 Å². The summed E-state index contributed by atoms with van der Waals surface area (Å²) in [6, 6.07) is 3.70. The van der Waals surface area contributed by atoms with E-state index in [2.05, 4.69) is 23.9 Å². The minimum atomic E-state index is 0.0647. The normalized spacial score (nSPS) is 11.1. The Kier molecular flexibility index (Phi) is 3.60. The van der Waals surface area contributed by atoms with Crippen LogP contribution in [0.15, 0.2) is 24.7 Å². The van der Waals surface area contributed by atoms with Crippen molar-refractivity contribution in [1.29, 1.82) is 0 Å². The average Bonchev–Trinajstić information content (AvgIpc) is 2.88. The lowest BCUT2D eigenvalue weighted by Gasteiger charge is -2.10. The van der Waals surface area contributed by atoms with E-state index < -0.39 is 0 Å². The van der Waals surface area contributed by atoms with Gasteiger partial charge in [-0.3, -0.25) is 4.79 Å². The van der Waals surface area contributed by atoms with Crippen molar-refractivity contribution in [3.8, 4) is 0 Å². The maximum Gasteiger partial charge on any atom is 0.176 e. The van der Waals surface area contributed by atoms with E-state index in [-0.39, 0.29) is 5.78 Å². The van der Waals surface area contributed by atoms with Crippen molar-refractivity contribution in [3.63, 3.8) is 0 Å². The lowest BCUT2D eigenvalue weighted by molar-refractivity contribution is 0.100. The predicted octanol–water partition coefficient (Wildman–Crippen LogP) is 1.99. The van der Waals surface area contributed by atoms with Gasteiger partial charge in [-0.1, -0.05) is 13.8 Å². The Morgan fingerprint density at radius 2 is 2.22 bits per heavy atom. The topological polar surface area (TPSA) is 52.7 Å². The summed E-state index contributed by atoms with van der Waals surface area (Å²) >= 11 is 0. The molecule has 0 bridgehead atoms. The van der Waals surface area contributed by atoms with Crippen molar-refractivity contribution in [2.75, 3.05) is 0 Å². The third-order valence-electron chi connectivity index (χ3n) is 2.74. The van der Waals surface area contributed by atoms with Gasteiger partial charge in [-0.05, 0) is 18.1 Å². The molecule has 0 aliphatic heterocycles. The Hall–Kier alpha value is -1.91. The van der Waals surface area contributed by atoms with Crippen molar-refractivity contribution in [2.45, 2.75) is 33.9 Å². The molecule has 0 N–H and O–H groups in total. The average molecular weight is 246 g/mol. The Bertz CT molecular complexity index is 539. The lowest BCUT2D eigenvalue weighted by Crippen LogP contribution is -2.15. The Balaban J connectivity index is 2.21. The molecule has 0 radical (unpaired) electrons. The van der Waals surface area contributed by atoms with E-state index in [1.54, 1.807) is 13.3 Å². The van der Waals surface area contributed by atoms with E-state index in [1.807, 2.05) is 27.6 Å². The Morgan fingerprint density at radius 1 is 1.44 bits per heavy atom. The molecule has 0 saturated heterocycles. The number of hydrogen-bond acceptors (Lipinski definition) is 3. The summed E-state index contributed by atoms with van der Waals surface area (Å²) in [5.41, 5.74) is 0.703. The molecule has 2 heterocycles. The van der Waals surface area contributed by atoms with Crippen LogP contribution >= 0.6 is 0 Å². The van der Waals surface area contributed by atoms with E-state index in [0.717, 1.165) is 12.4 Å². The van der Waals surface area contributed by atoms with Gasteiger partial charge in [0.1, 0.15) is 12.2 Å². The highest BCUT2D eigenvalue weighted by Gasteiger charge is 2.10. The third kappa shape index (κ3) is 2.67. The van der Waals surface area contributed by atoms with Gasteiger partial charge in [0.2, 0.25) is 0 Å². The third-order valence-corrected chi connectivity index (χ3v) is 2.74. The maximum absolute atomic E-state index is 11.5. The van der Waals surface area contributed by atoms with Crippen molar-refractivity contribution < 1.29 is 4.79 Å². The number of rotatable bonds is 5. The lowest BCUT2D eigenvalue weighted by atomic mass is 10.2. The van der Waals surface area contributed by atoms with Gasteiger partial charge in [0.15, 0.2) is 5.78 Å². The highest BCUT2D eigenvalue weighted by Crippen LogP contribution is 2.08. The van der Waals surface area contributed by atoms with Crippen LogP contribution in [0.25, 0.3) is 0 Å². The minimum absolute atomic E-state index is 0.0647. The van der Waals surface area contributed by atoms with Crippen LogP contribution in [0, 0.1) is 5.92 Å². The standard InChI is InChI=1S/C13H18N4O/c1-10(2)7-17-13(14-9-15-17)8-16-6-4-5-12(16)11(3)18/h4-6,9-10H,7-8H2,1-3H3. The summed E-state index contributed by atoms with van der Waals surface area (Å²) in [5.74, 6) is 1.46. The van der Waals surface area contributed by atoms with E-state index >= 15 is 0 Å². The maximum atomic E-state index is 11.5. The zero-order chi connectivity index (χ0) is 13.1. The van der Waals surface area contributed by atoms with Gasteiger partial charge in [0, 0.05) is 19.7 Å². The number of ketones is 1. The van der Waals surface area contributed by atoms with Crippen LogP contribution in [0.3, 0.4) is 0 Å². The van der Waals surface area contributed by atoms with Gasteiger partial charge < -0.3 is 4.57 Å². The second kappa shape index (κ2) is 5.16. The first-order valence-electron chi connectivity index (χ1n) is 6.10. The van der Waals surface area contributed by atoms with E-state index in [1.165, 1.54) is 0 Å². The van der Waals surface area contributed by atoms with Crippen molar-refractivity contribution in [1.82, 2.24) is 19.3 Å². The molecule has 2 aromatic heterocycles. The van der Waals surface area contributed by atoms with Gasteiger partial charge in [-0.25, -0.2) is 9.67 Å². The smallest absolute Gasteiger partial charge is 0.176 e.